The van der Waals surface area contributed by atoms with Crippen molar-refractivity contribution in [2.45, 2.75) is 31.0 Å². The minimum atomic E-state index is -2.25. The number of carbonyl (C=O) groups is 3. The SMILES string of the molecule is O=C1CCC(C(=O)[O-])(N2OC[C@H](NC(=S)C/C(Cl)=C/Cl)C2=O)O1.[Na+]. The number of aliphatic carboxylic acids is 1. The molecule has 126 valence electrons. The van der Waals surface area contributed by atoms with Crippen molar-refractivity contribution in [2.24, 2.45) is 0 Å². The summed E-state index contributed by atoms with van der Waals surface area (Å²) in [4.78, 5) is 40.3. The first-order valence-corrected chi connectivity index (χ1v) is 7.67. The van der Waals surface area contributed by atoms with Gasteiger partial charge in [-0.25, -0.2) is 0 Å². The molecule has 0 aromatic rings. The minimum Gasteiger partial charge on any atom is -0.544 e. The summed E-state index contributed by atoms with van der Waals surface area (Å²) >= 11 is 16.2. The topological polar surface area (TPSA) is 108 Å². The van der Waals surface area contributed by atoms with Crippen molar-refractivity contribution in [1.29, 1.82) is 0 Å². The summed E-state index contributed by atoms with van der Waals surface area (Å²) in [6.45, 7) is -0.187. The molecule has 1 unspecified atom stereocenters. The van der Waals surface area contributed by atoms with Crippen molar-refractivity contribution in [1.82, 2.24) is 10.4 Å². The molecular weight excluding hydrogens is 394 g/mol. The van der Waals surface area contributed by atoms with Gasteiger partial charge in [0.15, 0.2) is 0 Å². The van der Waals surface area contributed by atoms with Gasteiger partial charge in [0.2, 0.25) is 0 Å². The second-order valence-electron chi connectivity index (χ2n) is 4.83. The van der Waals surface area contributed by atoms with E-state index in [2.05, 4.69) is 5.32 Å². The van der Waals surface area contributed by atoms with Crippen LogP contribution in [0.5, 0.6) is 0 Å². The number of carboxylic acid groups (broad SMARTS) is 1. The number of thiocarbonyl (C=S) groups is 1. The van der Waals surface area contributed by atoms with Gasteiger partial charge in [-0.2, -0.15) is 5.06 Å². The van der Waals surface area contributed by atoms with Crippen molar-refractivity contribution in [3.8, 4) is 0 Å². The van der Waals surface area contributed by atoms with Crippen LogP contribution in [0.4, 0.5) is 0 Å². The predicted molar refractivity (Wildman–Crippen MR) is 79.8 cm³/mol. The number of amides is 1. The largest absolute Gasteiger partial charge is 1.00 e. The third-order valence-electron chi connectivity index (χ3n) is 3.25. The van der Waals surface area contributed by atoms with Crippen LogP contribution in [0.3, 0.4) is 0 Å². The van der Waals surface area contributed by atoms with Gasteiger partial charge in [0.05, 0.1) is 11.4 Å². The number of carboxylic acids is 1. The fourth-order valence-corrected chi connectivity index (χ4v) is 2.77. The molecule has 2 saturated heterocycles. The van der Waals surface area contributed by atoms with Crippen LogP contribution >= 0.6 is 35.4 Å². The number of hydrogen-bond donors (Lipinski definition) is 1. The molecule has 0 saturated carbocycles. The van der Waals surface area contributed by atoms with Gasteiger partial charge >= 0.3 is 35.5 Å². The molecule has 12 heteroatoms. The number of ether oxygens (including phenoxy) is 1. The van der Waals surface area contributed by atoms with Crippen molar-refractivity contribution in [3.05, 3.63) is 10.6 Å². The van der Waals surface area contributed by atoms with Crippen molar-refractivity contribution < 1.29 is 58.6 Å². The van der Waals surface area contributed by atoms with Crippen LogP contribution in [0.2, 0.25) is 0 Å². The van der Waals surface area contributed by atoms with Crippen molar-refractivity contribution >= 4 is 58.3 Å². The molecule has 8 nitrogen and oxygen atoms in total. The molecule has 0 spiro atoms. The standard InChI is InChI=1S/C12H12Cl2N2O6S.Na/c13-4-6(14)3-8(23)15-7-5-21-16(10(7)18)12(11(19)20)2-1-9(17)22-12;/h4,7H,1-3,5H2,(H,15,23)(H,19,20);/q;+1/p-1/b6-4-;/t7-,12?;/m0./s1. The molecule has 2 heterocycles. The van der Waals surface area contributed by atoms with Crippen LogP contribution < -0.4 is 40.0 Å². The third kappa shape index (κ3) is 4.40. The number of hydrogen-bond acceptors (Lipinski definition) is 7. The van der Waals surface area contributed by atoms with Crippen molar-refractivity contribution in [2.75, 3.05) is 6.61 Å². The maximum Gasteiger partial charge on any atom is 1.00 e. The Morgan fingerprint density at radius 1 is 1.54 bits per heavy atom. The molecule has 24 heavy (non-hydrogen) atoms. The van der Waals surface area contributed by atoms with Gasteiger partial charge in [0.25, 0.3) is 11.6 Å². The average molecular weight is 405 g/mol. The number of nitrogens with zero attached hydrogens (tertiary/aromatic N) is 1. The quantitative estimate of drug-likeness (QED) is 0.286. The van der Waals surface area contributed by atoms with Gasteiger partial charge in [-0.05, 0) is 0 Å². The Hall–Kier alpha value is -0.420. The van der Waals surface area contributed by atoms with Gasteiger partial charge < -0.3 is 20.0 Å². The Morgan fingerprint density at radius 2 is 2.21 bits per heavy atom. The number of cyclic esters (lactones) is 1. The summed E-state index contributed by atoms with van der Waals surface area (Å²) in [6, 6.07) is -0.933. The van der Waals surface area contributed by atoms with Crippen LogP contribution in [0.25, 0.3) is 0 Å². The van der Waals surface area contributed by atoms with Crippen LogP contribution in [0, 0.1) is 0 Å². The predicted octanol–water partition coefficient (Wildman–Crippen LogP) is -3.46. The maximum atomic E-state index is 12.3. The van der Waals surface area contributed by atoms with Gasteiger partial charge in [-0.1, -0.05) is 35.4 Å². The zero-order chi connectivity index (χ0) is 17.2. The Bertz CT molecular complexity index is 604. The summed E-state index contributed by atoms with van der Waals surface area (Å²) in [5, 5.41) is 14.8. The average Bonchev–Trinajstić information content (AvgIpc) is 3.04. The Balaban J connectivity index is 0.00000288. The van der Waals surface area contributed by atoms with E-state index in [1.807, 2.05) is 0 Å². The molecule has 0 radical (unpaired) electrons. The van der Waals surface area contributed by atoms with Gasteiger partial charge in [-0.15, -0.1) is 0 Å². The smallest absolute Gasteiger partial charge is 0.544 e. The zero-order valence-corrected chi connectivity index (χ0v) is 16.9. The van der Waals surface area contributed by atoms with Crippen LogP contribution in [-0.4, -0.2) is 46.3 Å². The summed E-state index contributed by atoms with van der Waals surface area (Å²) in [7, 11) is 0. The fourth-order valence-electron chi connectivity index (χ4n) is 2.18. The summed E-state index contributed by atoms with van der Waals surface area (Å²) < 4.78 is 4.77. The number of esters is 1. The van der Waals surface area contributed by atoms with E-state index in [0.29, 0.717) is 5.06 Å². The fraction of sp³-hybridized carbons (Fsp3) is 0.500. The molecule has 0 aromatic heterocycles. The summed E-state index contributed by atoms with van der Waals surface area (Å²) in [5.74, 6) is -3.22. The molecular formula is C12H11Cl2N2NaO6S. The van der Waals surface area contributed by atoms with E-state index in [-0.39, 0.29) is 65.4 Å². The number of rotatable bonds is 5. The molecule has 1 N–H and O–H groups in total. The van der Waals surface area contributed by atoms with E-state index in [0.717, 1.165) is 5.54 Å². The zero-order valence-electron chi connectivity index (χ0n) is 12.5. The first-order chi connectivity index (χ1) is 10.8. The van der Waals surface area contributed by atoms with Gasteiger partial charge in [0, 0.05) is 23.4 Å². The maximum absolute atomic E-state index is 12.3. The molecule has 2 fully saturated rings. The normalized spacial score (nSPS) is 26.8. The second kappa shape index (κ2) is 8.79. The number of nitrogens with one attached hydrogen (secondary N) is 1. The Morgan fingerprint density at radius 3 is 2.71 bits per heavy atom. The second-order valence-corrected chi connectivity index (χ2v) is 6.02. The first-order valence-electron chi connectivity index (χ1n) is 6.44. The summed E-state index contributed by atoms with van der Waals surface area (Å²) in [6.07, 6.45) is -0.295. The molecule has 2 aliphatic heterocycles. The molecule has 2 rings (SSSR count). The number of carbonyl (C=O) groups excluding carboxylic acids is 3. The van der Waals surface area contributed by atoms with E-state index in [9.17, 15) is 19.5 Å². The van der Waals surface area contributed by atoms with E-state index >= 15 is 0 Å². The molecule has 0 aromatic carbocycles. The molecule has 0 bridgehead atoms. The Labute approximate surface area is 174 Å². The van der Waals surface area contributed by atoms with E-state index in [4.69, 9.17) is 45.0 Å². The van der Waals surface area contributed by atoms with Crippen molar-refractivity contribution in [3.63, 3.8) is 0 Å². The van der Waals surface area contributed by atoms with Gasteiger partial charge in [0.1, 0.15) is 18.6 Å². The molecule has 2 aliphatic rings. The molecule has 0 aliphatic carbocycles. The minimum absolute atomic E-state index is 0. The van der Waals surface area contributed by atoms with Gasteiger partial charge in [-0.3, -0.25) is 14.4 Å². The summed E-state index contributed by atoms with van der Waals surface area (Å²) in [5.41, 5.74) is -1.11. The van der Waals surface area contributed by atoms with E-state index in [1.165, 1.54) is 0 Å². The number of halogens is 2. The van der Waals surface area contributed by atoms with Crippen LogP contribution in [0.1, 0.15) is 19.3 Å². The van der Waals surface area contributed by atoms with E-state index < -0.39 is 29.6 Å². The molecule has 1 amide bonds. The van der Waals surface area contributed by atoms with E-state index in [1.54, 1.807) is 0 Å². The van der Waals surface area contributed by atoms with Crippen LogP contribution in [-0.2, 0) is 24.0 Å². The first kappa shape index (κ1) is 21.6. The monoisotopic (exact) mass is 404 g/mol. The third-order valence-corrected chi connectivity index (χ3v) is 4.13. The molecule has 2 atom stereocenters. The number of hydroxylamine groups is 2. The van der Waals surface area contributed by atoms with Crippen LogP contribution in [0.15, 0.2) is 10.6 Å². The Kier molecular flexibility index (Phi) is 7.92.